The lowest BCUT2D eigenvalue weighted by molar-refractivity contribution is 0.631. The molecule has 0 spiro atoms. The van der Waals surface area contributed by atoms with Gasteiger partial charge in [0.2, 0.25) is 0 Å². The van der Waals surface area contributed by atoms with E-state index in [0.29, 0.717) is 11.3 Å². The Labute approximate surface area is 145 Å². The number of fused-ring (bicyclic) bond motifs is 1. The molecule has 0 atom stereocenters. The minimum atomic E-state index is -0.257. The summed E-state index contributed by atoms with van der Waals surface area (Å²) in [7, 11) is 1.93. The highest BCUT2D eigenvalue weighted by Gasteiger charge is 2.11. The van der Waals surface area contributed by atoms with Crippen molar-refractivity contribution in [2.45, 2.75) is 12.8 Å². The quantitative estimate of drug-likeness (QED) is 0.568. The second-order valence-corrected chi connectivity index (χ2v) is 5.98. The number of halogens is 1. The molecule has 2 heterocycles. The summed E-state index contributed by atoms with van der Waals surface area (Å²) in [4.78, 5) is 13.7. The van der Waals surface area contributed by atoms with Crippen LogP contribution in [0.2, 0.25) is 0 Å². The standard InChI is InChI=1S/C20H17FN4/c1-25-13-19(15-6-2-3-7-16(15)21)24-20(25)11-10-14-12-22-17-8-4-5-9-18(17)23-14/h2-9,12-13H,10-11H2,1H3. The van der Waals surface area contributed by atoms with Gasteiger partial charge in [0.1, 0.15) is 11.6 Å². The Morgan fingerprint density at radius 3 is 2.52 bits per heavy atom. The number of hydrogen-bond acceptors (Lipinski definition) is 3. The molecule has 0 aliphatic heterocycles. The van der Waals surface area contributed by atoms with E-state index in [9.17, 15) is 4.39 Å². The summed E-state index contributed by atoms with van der Waals surface area (Å²) >= 11 is 0. The molecule has 0 radical (unpaired) electrons. The van der Waals surface area contributed by atoms with Gasteiger partial charge in [-0.05, 0) is 30.7 Å². The van der Waals surface area contributed by atoms with Crippen molar-refractivity contribution < 1.29 is 4.39 Å². The minimum absolute atomic E-state index is 0.257. The molecule has 0 amide bonds. The molecule has 4 aromatic rings. The van der Waals surface area contributed by atoms with Crippen molar-refractivity contribution in [1.29, 1.82) is 0 Å². The third kappa shape index (κ3) is 3.13. The van der Waals surface area contributed by atoms with E-state index in [1.54, 1.807) is 12.1 Å². The predicted molar refractivity (Wildman–Crippen MR) is 95.5 cm³/mol. The number of rotatable bonds is 4. The molecule has 4 rings (SSSR count). The van der Waals surface area contributed by atoms with Crippen LogP contribution >= 0.6 is 0 Å². The van der Waals surface area contributed by atoms with Crippen molar-refractivity contribution in [3.05, 3.63) is 78.3 Å². The average molecular weight is 332 g/mol. The van der Waals surface area contributed by atoms with E-state index in [-0.39, 0.29) is 5.82 Å². The molecule has 0 saturated carbocycles. The van der Waals surface area contributed by atoms with Gasteiger partial charge in [-0.2, -0.15) is 0 Å². The van der Waals surface area contributed by atoms with Gasteiger partial charge in [0.15, 0.2) is 0 Å². The topological polar surface area (TPSA) is 43.6 Å². The average Bonchev–Trinajstić information content (AvgIpc) is 3.00. The minimum Gasteiger partial charge on any atom is -0.337 e. The van der Waals surface area contributed by atoms with E-state index in [2.05, 4.69) is 15.0 Å². The molecule has 0 saturated heterocycles. The SMILES string of the molecule is Cn1cc(-c2ccccc2F)nc1CCc1cnc2ccccc2n1. The summed E-state index contributed by atoms with van der Waals surface area (Å²) in [6.45, 7) is 0. The van der Waals surface area contributed by atoms with E-state index in [0.717, 1.165) is 35.4 Å². The van der Waals surface area contributed by atoms with Crippen molar-refractivity contribution in [3.8, 4) is 11.3 Å². The first kappa shape index (κ1) is 15.4. The molecule has 5 heteroatoms. The van der Waals surface area contributed by atoms with Crippen molar-refractivity contribution >= 4 is 11.0 Å². The zero-order chi connectivity index (χ0) is 17.2. The number of benzene rings is 2. The van der Waals surface area contributed by atoms with Gasteiger partial charge in [-0.15, -0.1) is 0 Å². The number of aromatic nitrogens is 4. The Kier molecular flexibility index (Phi) is 3.98. The smallest absolute Gasteiger partial charge is 0.132 e. The van der Waals surface area contributed by atoms with Crippen LogP contribution in [0.25, 0.3) is 22.3 Å². The van der Waals surface area contributed by atoms with Crippen LogP contribution in [0.1, 0.15) is 11.5 Å². The Hall–Kier alpha value is -3.08. The van der Waals surface area contributed by atoms with Crippen LogP contribution in [0.5, 0.6) is 0 Å². The van der Waals surface area contributed by atoms with Gasteiger partial charge in [0.05, 0.1) is 22.4 Å². The lowest BCUT2D eigenvalue weighted by Gasteiger charge is -2.03. The fraction of sp³-hybridized carbons (Fsp3) is 0.150. The van der Waals surface area contributed by atoms with Crippen LogP contribution in [0.4, 0.5) is 4.39 Å². The van der Waals surface area contributed by atoms with E-state index >= 15 is 0 Å². The van der Waals surface area contributed by atoms with Crippen molar-refractivity contribution in [2.24, 2.45) is 7.05 Å². The van der Waals surface area contributed by atoms with Crippen LogP contribution in [0.3, 0.4) is 0 Å². The Bertz CT molecular complexity index is 1040. The summed E-state index contributed by atoms with van der Waals surface area (Å²) in [6.07, 6.45) is 5.13. The zero-order valence-corrected chi connectivity index (χ0v) is 13.9. The maximum absolute atomic E-state index is 13.9. The van der Waals surface area contributed by atoms with Gasteiger partial charge in [0, 0.05) is 31.4 Å². The largest absolute Gasteiger partial charge is 0.337 e. The summed E-state index contributed by atoms with van der Waals surface area (Å²) in [5.41, 5.74) is 3.89. The molecule has 2 aromatic heterocycles. The first-order valence-electron chi connectivity index (χ1n) is 8.18. The van der Waals surface area contributed by atoms with Crippen LogP contribution in [-0.4, -0.2) is 19.5 Å². The number of hydrogen-bond donors (Lipinski definition) is 0. The molecule has 0 N–H and O–H groups in total. The lowest BCUT2D eigenvalue weighted by Crippen LogP contribution is -2.02. The molecule has 0 aliphatic rings. The van der Waals surface area contributed by atoms with Gasteiger partial charge in [-0.3, -0.25) is 4.98 Å². The van der Waals surface area contributed by atoms with Gasteiger partial charge < -0.3 is 4.57 Å². The molecular formula is C20H17FN4. The van der Waals surface area contributed by atoms with Gasteiger partial charge in [-0.1, -0.05) is 24.3 Å². The third-order valence-corrected chi connectivity index (χ3v) is 4.23. The Morgan fingerprint density at radius 2 is 1.68 bits per heavy atom. The first-order chi connectivity index (χ1) is 12.2. The molecular weight excluding hydrogens is 315 g/mol. The number of aryl methyl sites for hydroxylation is 3. The van der Waals surface area contributed by atoms with Crippen LogP contribution in [0, 0.1) is 5.82 Å². The van der Waals surface area contributed by atoms with Gasteiger partial charge >= 0.3 is 0 Å². The van der Waals surface area contributed by atoms with Crippen molar-refractivity contribution in [3.63, 3.8) is 0 Å². The summed E-state index contributed by atoms with van der Waals surface area (Å²) < 4.78 is 15.9. The number of para-hydroxylation sites is 2. The first-order valence-corrected chi connectivity index (χ1v) is 8.18. The highest BCUT2D eigenvalue weighted by Crippen LogP contribution is 2.22. The molecule has 25 heavy (non-hydrogen) atoms. The highest BCUT2D eigenvalue weighted by molar-refractivity contribution is 5.73. The molecule has 0 unspecified atom stereocenters. The van der Waals surface area contributed by atoms with Crippen LogP contribution < -0.4 is 0 Å². The van der Waals surface area contributed by atoms with E-state index in [1.165, 1.54) is 6.07 Å². The number of nitrogens with zero attached hydrogens (tertiary/aromatic N) is 4. The summed E-state index contributed by atoms with van der Waals surface area (Å²) in [6, 6.07) is 14.5. The van der Waals surface area contributed by atoms with Gasteiger partial charge in [-0.25, -0.2) is 14.4 Å². The van der Waals surface area contributed by atoms with Crippen molar-refractivity contribution in [2.75, 3.05) is 0 Å². The van der Waals surface area contributed by atoms with E-state index < -0.39 is 0 Å². The fourth-order valence-electron chi connectivity index (χ4n) is 2.89. The molecule has 2 aromatic carbocycles. The van der Waals surface area contributed by atoms with Gasteiger partial charge in [0.25, 0.3) is 0 Å². The maximum Gasteiger partial charge on any atom is 0.132 e. The number of imidazole rings is 1. The van der Waals surface area contributed by atoms with E-state index in [4.69, 9.17) is 0 Å². The monoisotopic (exact) mass is 332 g/mol. The predicted octanol–water partition coefficient (Wildman–Crippen LogP) is 3.95. The van der Waals surface area contributed by atoms with E-state index in [1.807, 2.05) is 54.3 Å². The Morgan fingerprint density at radius 1 is 0.920 bits per heavy atom. The molecule has 0 aliphatic carbocycles. The second kappa shape index (κ2) is 6.43. The van der Waals surface area contributed by atoms with Crippen molar-refractivity contribution in [1.82, 2.24) is 19.5 Å². The molecule has 124 valence electrons. The third-order valence-electron chi connectivity index (χ3n) is 4.23. The highest BCUT2D eigenvalue weighted by atomic mass is 19.1. The summed E-state index contributed by atoms with van der Waals surface area (Å²) in [5, 5.41) is 0. The Balaban J connectivity index is 1.55. The normalized spacial score (nSPS) is 11.1. The van der Waals surface area contributed by atoms with Crippen LogP contribution in [0.15, 0.2) is 60.9 Å². The molecule has 0 fully saturated rings. The zero-order valence-electron chi connectivity index (χ0n) is 13.9. The summed E-state index contributed by atoms with van der Waals surface area (Å²) in [5.74, 6) is 0.640. The molecule has 0 bridgehead atoms. The lowest BCUT2D eigenvalue weighted by atomic mass is 10.1. The fourth-order valence-corrected chi connectivity index (χ4v) is 2.89. The second-order valence-electron chi connectivity index (χ2n) is 5.98. The van der Waals surface area contributed by atoms with Crippen LogP contribution in [-0.2, 0) is 19.9 Å². The maximum atomic E-state index is 13.9. The molecule has 4 nitrogen and oxygen atoms in total.